The molecular formula is C39H61N5O5. The molecule has 49 heavy (non-hydrogen) atoms. The first-order valence-electron chi connectivity index (χ1n) is 18.9. The predicted octanol–water partition coefficient (Wildman–Crippen LogP) is 4.56. The number of carbonyl (C=O) groups is 4. The highest BCUT2D eigenvalue weighted by Crippen LogP contribution is 2.34. The maximum atomic E-state index is 14.2. The topological polar surface area (TPSA) is 103 Å². The summed E-state index contributed by atoms with van der Waals surface area (Å²) in [7, 11) is 3.82. The molecule has 4 aliphatic rings. The van der Waals surface area contributed by atoms with Crippen LogP contribution >= 0.6 is 0 Å². The Kier molecular flexibility index (Phi) is 12.1. The van der Waals surface area contributed by atoms with Crippen molar-refractivity contribution in [2.45, 2.75) is 135 Å². The number of esters is 1. The number of rotatable bonds is 10. The molecule has 3 fully saturated rings. The smallest absolute Gasteiger partial charge is 0.329 e. The van der Waals surface area contributed by atoms with Gasteiger partial charge in [0.2, 0.25) is 17.7 Å². The van der Waals surface area contributed by atoms with Gasteiger partial charge in [0.1, 0.15) is 18.2 Å². The van der Waals surface area contributed by atoms with Gasteiger partial charge in [0.25, 0.3) is 0 Å². The molecular weight excluding hydrogens is 618 g/mol. The van der Waals surface area contributed by atoms with Crippen molar-refractivity contribution in [2.24, 2.45) is 11.3 Å². The van der Waals surface area contributed by atoms with Gasteiger partial charge in [0.15, 0.2) is 0 Å². The van der Waals surface area contributed by atoms with Gasteiger partial charge in [-0.1, -0.05) is 65.3 Å². The van der Waals surface area contributed by atoms with Crippen LogP contribution in [-0.4, -0.2) is 114 Å². The van der Waals surface area contributed by atoms with E-state index in [1.54, 1.807) is 4.90 Å². The van der Waals surface area contributed by atoms with Gasteiger partial charge >= 0.3 is 5.97 Å². The Morgan fingerprint density at radius 3 is 2.31 bits per heavy atom. The van der Waals surface area contributed by atoms with Crippen molar-refractivity contribution in [3.05, 3.63) is 35.4 Å². The number of ether oxygens (including phenoxy) is 1. The van der Waals surface area contributed by atoms with E-state index in [1.165, 1.54) is 5.56 Å². The summed E-state index contributed by atoms with van der Waals surface area (Å²) >= 11 is 0. The SMILES string of the molecule is CC(C)[C@@H](CN1CCC[C@H]1C(=O)N1CCCC1C(=O)O[C@H]1CCCc2ccccc21)N(C)C(=O)[C@@H](NC(=O)[C@H]1CCCCN1C)C(C)(C)C. The summed E-state index contributed by atoms with van der Waals surface area (Å²) in [6.07, 6.45) is 8.42. The molecule has 3 amide bonds. The standard InChI is InChI=1S/C39H61N5O5/c1-26(2)32(42(7)37(47)34(39(3,4)5)40-35(45)29-18-10-11-22-41(29)6)25-43-23-13-19-30(43)36(46)44-24-14-20-31(44)38(48)49-33-21-12-16-27-15-8-9-17-28(27)33/h8-9,15,17,26,29-34H,10-14,16,18-25H2,1-7H3,(H,40,45)/t29-,30+,31?,32-,33+,34-/m1/s1. The number of hydrogen-bond acceptors (Lipinski definition) is 7. The zero-order chi connectivity index (χ0) is 35.5. The van der Waals surface area contributed by atoms with Gasteiger partial charge in [0.05, 0.1) is 12.1 Å². The Labute approximate surface area is 294 Å². The summed E-state index contributed by atoms with van der Waals surface area (Å²) in [5, 5.41) is 3.15. The van der Waals surface area contributed by atoms with Crippen LogP contribution in [0.5, 0.6) is 0 Å². The number of nitrogens with zero attached hydrogens (tertiary/aromatic N) is 4. The molecule has 1 N–H and O–H groups in total. The monoisotopic (exact) mass is 679 g/mol. The lowest BCUT2D eigenvalue weighted by molar-refractivity contribution is -0.160. The van der Waals surface area contributed by atoms with Crippen molar-refractivity contribution in [1.29, 1.82) is 0 Å². The molecule has 0 spiro atoms. The predicted molar refractivity (Wildman–Crippen MR) is 191 cm³/mol. The maximum Gasteiger partial charge on any atom is 0.329 e. The Bertz CT molecular complexity index is 1340. The van der Waals surface area contributed by atoms with Crippen LogP contribution in [0, 0.1) is 11.3 Å². The fourth-order valence-electron chi connectivity index (χ4n) is 8.52. The van der Waals surface area contributed by atoms with E-state index < -0.39 is 17.5 Å². The third kappa shape index (κ3) is 8.50. The number of likely N-dealkylation sites (tertiary alicyclic amines) is 3. The summed E-state index contributed by atoms with van der Waals surface area (Å²) in [6, 6.07) is 6.23. The lowest BCUT2D eigenvalue weighted by Crippen LogP contribution is -2.61. The van der Waals surface area contributed by atoms with Gasteiger partial charge in [-0.05, 0) is 100 Å². The highest BCUT2D eigenvalue weighted by atomic mass is 16.5. The third-order valence-corrected chi connectivity index (χ3v) is 11.5. The average Bonchev–Trinajstić information content (AvgIpc) is 3.75. The van der Waals surface area contributed by atoms with Crippen LogP contribution in [0.2, 0.25) is 0 Å². The Morgan fingerprint density at radius 1 is 0.898 bits per heavy atom. The molecule has 0 radical (unpaired) electrons. The summed E-state index contributed by atoms with van der Waals surface area (Å²) in [5.41, 5.74) is 1.85. The first kappa shape index (κ1) is 37.3. The second kappa shape index (κ2) is 15.9. The number of likely N-dealkylation sites (N-methyl/N-ethyl adjacent to an activating group) is 2. The quantitative estimate of drug-likeness (QED) is 0.362. The van der Waals surface area contributed by atoms with Crippen LogP contribution in [-0.2, 0) is 30.3 Å². The minimum absolute atomic E-state index is 0.00564. The number of fused-ring (bicyclic) bond motifs is 1. The minimum Gasteiger partial charge on any atom is -0.456 e. The number of amides is 3. The number of aryl methyl sites for hydroxylation is 1. The zero-order valence-corrected chi connectivity index (χ0v) is 31.1. The summed E-state index contributed by atoms with van der Waals surface area (Å²) in [6.45, 7) is 13.0. The highest BCUT2D eigenvalue weighted by molar-refractivity contribution is 5.91. The fourth-order valence-corrected chi connectivity index (χ4v) is 8.52. The molecule has 3 heterocycles. The Hall–Kier alpha value is -2.98. The molecule has 10 nitrogen and oxygen atoms in total. The number of hydrogen-bond donors (Lipinski definition) is 1. The molecule has 1 aliphatic carbocycles. The molecule has 3 saturated heterocycles. The van der Waals surface area contributed by atoms with Gasteiger partial charge in [-0.25, -0.2) is 4.79 Å². The van der Waals surface area contributed by atoms with Crippen LogP contribution < -0.4 is 5.32 Å². The van der Waals surface area contributed by atoms with Crippen LogP contribution in [0.15, 0.2) is 24.3 Å². The van der Waals surface area contributed by atoms with E-state index in [4.69, 9.17) is 4.74 Å². The van der Waals surface area contributed by atoms with Crippen LogP contribution in [0.25, 0.3) is 0 Å². The largest absolute Gasteiger partial charge is 0.456 e. The number of benzene rings is 1. The molecule has 0 aromatic heterocycles. The Morgan fingerprint density at radius 2 is 1.59 bits per heavy atom. The molecule has 5 rings (SSSR count). The molecule has 10 heteroatoms. The normalized spacial score (nSPS) is 26.2. The lowest BCUT2D eigenvalue weighted by Gasteiger charge is -2.41. The van der Waals surface area contributed by atoms with Gasteiger partial charge < -0.3 is 19.9 Å². The molecule has 0 bridgehead atoms. The fraction of sp³-hybridized carbons (Fsp3) is 0.744. The van der Waals surface area contributed by atoms with Crippen molar-refractivity contribution in [3.63, 3.8) is 0 Å². The zero-order valence-electron chi connectivity index (χ0n) is 31.1. The molecule has 1 aromatic rings. The van der Waals surface area contributed by atoms with Gasteiger partial charge in [-0.2, -0.15) is 0 Å². The van der Waals surface area contributed by atoms with E-state index in [1.807, 2.05) is 51.9 Å². The Balaban J connectivity index is 1.25. The third-order valence-electron chi connectivity index (χ3n) is 11.5. The van der Waals surface area contributed by atoms with Gasteiger partial charge in [-0.3, -0.25) is 24.2 Å². The van der Waals surface area contributed by atoms with E-state index >= 15 is 0 Å². The van der Waals surface area contributed by atoms with Crippen LogP contribution in [0.1, 0.15) is 110 Å². The van der Waals surface area contributed by atoms with E-state index in [0.29, 0.717) is 19.5 Å². The molecule has 1 unspecified atom stereocenters. The van der Waals surface area contributed by atoms with E-state index in [-0.39, 0.29) is 53.8 Å². The van der Waals surface area contributed by atoms with Gasteiger partial charge in [-0.15, -0.1) is 0 Å². The second-order valence-electron chi connectivity index (χ2n) is 16.4. The van der Waals surface area contributed by atoms with E-state index in [0.717, 1.165) is 76.4 Å². The number of carbonyl (C=O) groups excluding carboxylic acids is 4. The number of piperidine rings is 1. The second-order valence-corrected chi connectivity index (χ2v) is 16.4. The summed E-state index contributed by atoms with van der Waals surface area (Å²) in [4.78, 5) is 63.4. The van der Waals surface area contributed by atoms with E-state index in [2.05, 4.69) is 41.1 Å². The molecule has 3 aliphatic heterocycles. The molecule has 272 valence electrons. The van der Waals surface area contributed by atoms with Crippen LogP contribution in [0.3, 0.4) is 0 Å². The summed E-state index contributed by atoms with van der Waals surface area (Å²) < 4.78 is 6.12. The summed E-state index contributed by atoms with van der Waals surface area (Å²) in [5.74, 6) is -0.363. The molecule has 0 saturated carbocycles. The first-order chi connectivity index (χ1) is 23.3. The minimum atomic E-state index is -0.676. The van der Waals surface area contributed by atoms with Crippen molar-refractivity contribution in [3.8, 4) is 0 Å². The van der Waals surface area contributed by atoms with Crippen molar-refractivity contribution < 1.29 is 23.9 Å². The van der Waals surface area contributed by atoms with Crippen molar-refractivity contribution >= 4 is 23.7 Å². The van der Waals surface area contributed by atoms with Crippen molar-refractivity contribution in [2.75, 3.05) is 40.3 Å². The van der Waals surface area contributed by atoms with E-state index in [9.17, 15) is 19.2 Å². The number of nitrogens with one attached hydrogen (secondary N) is 1. The average molecular weight is 680 g/mol. The van der Waals surface area contributed by atoms with Crippen molar-refractivity contribution in [1.82, 2.24) is 24.9 Å². The highest BCUT2D eigenvalue weighted by Gasteiger charge is 2.44. The van der Waals surface area contributed by atoms with Crippen LogP contribution in [0.4, 0.5) is 0 Å². The lowest BCUT2D eigenvalue weighted by atomic mass is 9.84. The first-order valence-corrected chi connectivity index (χ1v) is 18.9. The maximum absolute atomic E-state index is 14.2. The van der Waals surface area contributed by atoms with Gasteiger partial charge in [0, 0.05) is 26.2 Å². The molecule has 1 aromatic carbocycles. The molecule has 6 atom stereocenters.